The molecule has 0 radical (unpaired) electrons. The number of rotatable bonds is 4. The van der Waals surface area contributed by atoms with Crippen molar-refractivity contribution in [2.75, 3.05) is 27.2 Å². The molecule has 1 saturated heterocycles. The minimum atomic E-state index is -3.59. The van der Waals surface area contributed by atoms with Gasteiger partial charge in [0.15, 0.2) is 0 Å². The summed E-state index contributed by atoms with van der Waals surface area (Å²) < 4.78 is 34.0. The number of nitrogens with zero attached hydrogens (tertiary/aromatic N) is 2. The number of fused-ring (bicyclic) bond motifs is 1. The summed E-state index contributed by atoms with van der Waals surface area (Å²) in [5, 5.41) is 0. The maximum Gasteiger partial charge on any atom is 0.243 e. The van der Waals surface area contributed by atoms with Gasteiger partial charge in [-0.05, 0) is 68.2 Å². The summed E-state index contributed by atoms with van der Waals surface area (Å²) in [6.45, 7) is 1.53. The number of ether oxygens (including phenoxy) is 1. The average Bonchev–Trinajstić information content (AvgIpc) is 3.12. The predicted molar refractivity (Wildman–Crippen MR) is 105 cm³/mol. The van der Waals surface area contributed by atoms with E-state index in [4.69, 9.17) is 4.74 Å². The lowest BCUT2D eigenvalue weighted by molar-refractivity contribution is 0.175. The first kappa shape index (κ1) is 18.5. The Bertz CT molecular complexity index is 911. The maximum absolute atomic E-state index is 13.5. The molecule has 2 unspecified atom stereocenters. The maximum atomic E-state index is 13.5. The van der Waals surface area contributed by atoms with Gasteiger partial charge in [0, 0.05) is 12.6 Å². The number of likely N-dealkylation sites (tertiary alicyclic amines) is 1. The summed E-state index contributed by atoms with van der Waals surface area (Å²) in [7, 11) is 0.0960. The second-order valence-corrected chi connectivity index (χ2v) is 9.27. The van der Waals surface area contributed by atoms with Crippen molar-refractivity contribution in [3.63, 3.8) is 0 Å². The Morgan fingerprint density at radius 3 is 2.44 bits per heavy atom. The summed E-state index contributed by atoms with van der Waals surface area (Å²) >= 11 is 0. The molecule has 2 aliphatic rings. The fourth-order valence-electron chi connectivity index (χ4n) is 4.46. The van der Waals surface area contributed by atoms with Gasteiger partial charge >= 0.3 is 0 Å². The molecule has 1 fully saturated rings. The number of benzene rings is 2. The third-order valence-corrected chi connectivity index (χ3v) is 7.79. The molecule has 0 spiro atoms. The van der Waals surface area contributed by atoms with Gasteiger partial charge in [0.05, 0.1) is 18.0 Å². The summed E-state index contributed by atoms with van der Waals surface area (Å²) in [5.41, 5.74) is 2.42. The second kappa shape index (κ2) is 7.26. The van der Waals surface area contributed by atoms with Gasteiger partial charge in [-0.1, -0.05) is 24.3 Å². The van der Waals surface area contributed by atoms with Gasteiger partial charge in [0.2, 0.25) is 10.0 Å². The van der Waals surface area contributed by atoms with Crippen LogP contribution >= 0.6 is 0 Å². The topological polar surface area (TPSA) is 49.9 Å². The van der Waals surface area contributed by atoms with Crippen LogP contribution in [-0.4, -0.2) is 50.9 Å². The van der Waals surface area contributed by atoms with Crippen LogP contribution in [0.5, 0.6) is 5.75 Å². The van der Waals surface area contributed by atoms with Crippen molar-refractivity contribution in [2.45, 2.75) is 36.2 Å². The Kier molecular flexibility index (Phi) is 4.97. The molecule has 6 heteroatoms. The first-order valence-corrected chi connectivity index (χ1v) is 10.9. The zero-order valence-electron chi connectivity index (χ0n) is 15.8. The molecule has 2 aromatic carbocycles. The largest absolute Gasteiger partial charge is 0.497 e. The minimum Gasteiger partial charge on any atom is -0.497 e. The second-order valence-electron chi connectivity index (χ2n) is 7.38. The van der Waals surface area contributed by atoms with E-state index < -0.39 is 10.0 Å². The quantitative estimate of drug-likeness (QED) is 0.810. The number of methoxy groups -OCH3 is 1. The van der Waals surface area contributed by atoms with Crippen LogP contribution in [0.15, 0.2) is 53.4 Å². The number of hydrogen-bond acceptors (Lipinski definition) is 4. The highest BCUT2D eigenvalue weighted by molar-refractivity contribution is 7.89. The lowest BCUT2D eigenvalue weighted by Crippen LogP contribution is -2.48. The molecule has 2 heterocycles. The van der Waals surface area contributed by atoms with E-state index in [0.29, 0.717) is 17.2 Å². The minimum absolute atomic E-state index is 0.144. The van der Waals surface area contributed by atoms with E-state index in [-0.39, 0.29) is 12.1 Å². The number of hydrogen-bond donors (Lipinski definition) is 0. The average molecular weight is 387 g/mol. The first-order valence-electron chi connectivity index (χ1n) is 9.46. The molecule has 2 atom stereocenters. The lowest BCUT2D eigenvalue weighted by Gasteiger charge is -2.41. The van der Waals surface area contributed by atoms with Gasteiger partial charge in [-0.3, -0.25) is 0 Å². The molecule has 0 aromatic heterocycles. The predicted octanol–water partition coefficient (Wildman–Crippen LogP) is 3.08. The SMILES string of the molecule is COc1ccc(S(=O)(=O)N2CCc3ccccc3C2C2CCCN2C)cc1. The first-order chi connectivity index (χ1) is 13.0. The van der Waals surface area contributed by atoms with E-state index in [1.807, 2.05) is 12.1 Å². The van der Waals surface area contributed by atoms with E-state index in [0.717, 1.165) is 31.4 Å². The van der Waals surface area contributed by atoms with Gasteiger partial charge in [-0.2, -0.15) is 4.31 Å². The van der Waals surface area contributed by atoms with E-state index in [1.165, 1.54) is 5.56 Å². The molecule has 0 N–H and O–H groups in total. The third kappa shape index (κ3) is 3.26. The Hall–Kier alpha value is -1.89. The van der Waals surface area contributed by atoms with Gasteiger partial charge in [0.25, 0.3) is 0 Å². The summed E-state index contributed by atoms with van der Waals surface area (Å²) in [6, 6.07) is 15.1. The zero-order valence-corrected chi connectivity index (χ0v) is 16.7. The van der Waals surface area contributed by atoms with Gasteiger partial charge in [-0.15, -0.1) is 0 Å². The smallest absolute Gasteiger partial charge is 0.243 e. The molecule has 2 aromatic rings. The zero-order chi connectivity index (χ0) is 19.0. The normalized spacial score (nSPS) is 23.9. The fraction of sp³-hybridized carbons (Fsp3) is 0.429. The summed E-state index contributed by atoms with van der Waals surface area (Å²) in [6.07, 6.45) is 2.87. The lowest BCUT2D eigenvalue weighted by atomic mass is 9.89. The van der Waals surface area contributed by atoms with Crippen molar-refractivity contribution < 1.29 is 13.2 Å². The Balaban J connectivity index is 1.77. The Morgan fingerprint density at radius 2 is 1.78 bits per heavy atom. The highest BCUT2D eigenvalue weighted by atomic mass is 32.2. The van der Waals surface area contributed by atoms with Crippen LogP contribution in [0.2, 0.25) is 0 Å². The van der Waals surface area contributed by atoms with Crippen LogP contribution in [0, 0.1) is 0 Å². The molecule has 0 saturated carbocycles. The molecule has 27 heavy (non-hydrogen) atoms. The van der Waals surface area contributed by atoms with Crippen molar-refractivity contribution in [2.24, 2.45) is 0 Å². The highest BCUT2D eigenvalue weighted by Crippen LogP contribution is 2.40. The van der Waals surface area contributed by atoms with E-state index >= 15 is 0 Å². The molecule has 0 aliphatic carbocycles. The highest BCUT2D eigenvalue weighted by Gasteiger charge is 2.43. The van der Waals surface area contributed by atoms with Gasteiger partial charge in [0.1, 0.15) is 5.75 Å². The fourth-order valence-corrected chi connectivity index (χ4v) is 6.10. The third-order valence-electron chi connectivity index (χ3n) is 5.89. The molecule has 2 aliphatic heterocycles. The van der Waals surface area contributed by atoms with Crippen LogP contribution in [0.4, 0.5) is 0 Å². The van der Waals surface area contributed by atoms with Crippen LogP contribution < -0.4 is 4.74 Å². The van der Waals surface area contributed by atoms with Crippen LogP contribution in [0.3, 0.4) is 0 Å². The molecule has 0 bridgehead atoms. The molecular weight excluding hydrogens is 360 g/mol. The van der Waals surface area contributed by atoms with Crippen LogP contribution in [-0.2, 0) is 16.4 Å². The summed E-state index contributed by atoms with van der Waals surface area (Å²) in [4.78, 5) is 2.64. The number of likely N-dealkylation sites (N-methyl/N-ethyl adjacent to an activating group) is 1. The van der Waals surface area contributed by atoms with Crippen molar-refractivity contribution in [3.8, 4) is 5.75 Å². The Morgan fingerprint density at radius 1 is 1.04 bits per heavy atom. The van der Waals surface area contributed by atoms with E-state index in [2.05, 4.69) is 24.1 Å². The Labute approximate surface area is 161 Å². The molecule has 144 valence electrons. The van der Waals surface area contributed by atoms with Crippen molar-refractivity contribution >= 4 is 10.0 Å². The van der Waals surface area contributed by atoms with Crippen molar-refractivity contribution in [1.82, 2.24) is 9.21 Å². The molecule has 0 amide bonds. The van der Waals surface area contributed by atoms with E-state index in [9.17, 15) is 8.42 Å². The van der Waals surface area contributed by atoms with Crippen LogP contribution in [0.1, 0.15) is 30.0 Å². The van der Waals surface area contributed by atoms with Gasteiger partial charge in [-0.25, -0.2) is 8.42 Å². The van der Waals surface area contributed by atoms with E-state index in [1.54, 1.807) is 35.7 Å². The van der Waals surface area contributed by atoms with Crippen molar-refractivity contribution in [3.05, 3.63) is 59.7 Å². The van der Waals surface area contributed by atoms with Gasteiger partial charge < -0.3 is 9.64 Å². The van der Waals surface area contributed by atoms with Crippen LogP contribution in [0.25, 0.3) is 0 Å². The number of sulfonamides is 1. The molecule has 5 nitrogen and oxygen atoms in total. The summed E-state index contributed by atoms with van der Waals surface area (Å²) in [5.74, 6) is 0.657. The van der Waals surface area contributed by atoms with Crippen molar-refractivity contribution in [1.29, 1.82) is 0 Å². The standard InChI is InChI=1S/C21H26N2O3S/c1-22-14-5-8-20(22)21-19-7-4-3-6-16(19)13-15-23(21)27(24,25)18-11-9-17(26-2)10-12-18/h3-4,6-7,9-12,20-21H,5,8,13-15H2,1-2H3. The molecular formula is C21H26N2O3S. The molecule has 4 rings (SSSR count). The monoisotopic (exact) mass is 386 g/mol.